The van der Waals surface area contributed by atoms with Crippen LogP contribution in [0, 0.1) is 0 Å². The third-order valence-electron chi connectivity index (χ3n) is 8.38. The lowest BCUT2D eigenvalue weighted by molar-refractivity contribution is -0.192. The number of fused-ring (bicyclic) bond motifs is 2. The summed E-state index contributed by atoms with van der Waals surface area (Å²) in [7, 11) is -0.271. The highest BCUT2D eigenvalue weighted by atomic mass is 32.2. The highest BCUT2D eigenvalue weighted by Gasteiger charge is 2.50. The number of likely N-dealkylation sites (N-methyl/N-ethyl adjacent to an activating group) is 1. The second-order valence-electron chi connectivity index (χ2n) is 11.9. The van der Waals surface area contributed by atoms with E-state index in [1.165, 1.54) is 0 Å². The average molecular weight is 725 g/mol. The van der Waals surface area contributed by atoms with Gasteiger partial charge in [-0.15, -0.1) is 0 Å². The van der Waals surface area contributed by atoms with Crippen molar-refractivity contribution in [2.75, 3.05) is 45.1 Å². The van der Waals surface area contributed by atoms with Gasteiger partial charge in [0.05, 0.1) is 38.8 Å². The van der Waals surface area contributed by atoms with E-state index in [9.17, 15) is 31.2 Å². The number of aliphatic carboxylic acids is 1. The Balaban J connectivity index is 0.000000727. The molecule has 0 aliphatic carbocycles. The van der Waals surface area contributed by atoms with Gasteiger partial charge in [0.15, 0.2) is 0 Å². The summed E-state index contributed by atoms with van der Waals surface area (Å²) in [5.41, 5.74) is 0.789. The molecule has 17 heteroatoms. The van der Waals surface area contributed by atoms with E-state index < -0.39 is 39.7 Å². The van der Waals surface area contributed by atoms with Crippen LogP contribution >= 0.6 is 0 Å². The van der Waals surface area contributed by atoms with E-state index in [1.807, 2.05) is 43.0 Å². The summed E-state index contributed by atoms with van der Waals surface area (Å²) < 4.78 is 75.2. The summed E-state index contributed by atoms with van der Waals surface area (Å²) in [6.45, 7) is 3.74. The molecule has 4 N–H and O–H groups in total. The Morgan fingerprint density at radius 1 is 1.12 bits per heavy atom. The minimum absolute atomic E-state index is 0.121. The molecule has 1 spiro atoms. The Hall–Kier alpha value is -4.45. The minimum Gasteiger partial charge on any atom is -0.496 e. The molecular weight excluding hydrogens is 685 g/mol. The third kappa shape index (κ3) is 9.01. The Morgan fingerprint density at radius 2 is 1.78 bits per heavy atom. The third-order valence-corrected chi connectivity index (χ3v) is 8.93. The van der Waals surface area contributed by atoms with Gasteiger partial charge < -0.3 is 34.9 Å². The lowest BCUT2D eigenvalue weighted by Gasteiger charge is -2.42. The van der Waals surface area contributed by atoms with Crippen LogP contribution in [0.1, 0.15) is 35.7 Å². The van der Waals surface area contributed by atoms with Gasteiger partial charge in [-0.2, -0.15) is 13.2 Å². The topological polar surface area (TPSA) is 173 Å². The largest absolute Gasteiger partial charge is 0.496 e. The van der Waals surface area contributed by atoms with Crippen molar-refractivity contribution in [1.82, 2.24) is 15.4 Å². The van der Waals surface area contributed by atoms with E-state index in [2.05, 4.69) is 10.6 Å². The molecule has 0 saturated carbocycles. The van der Waals surface area contributed by atoms with Crippen LogP contribution in [-0.4, -0.2) is 95.3 Å². The van der Waals surface area contributed by atoms with E-state index in [4.69, 9.17) is 24.1 Å². The molecule has 3 aromatic rings. The Kier molecular flexibility index (Phi) is 12.0. The fraction of sp³-hybridized carbons (Fsp3) is 0.424. The molecule has 5 rings (SSSR count). The van der Waals surface area contributed by atoms with Crippen LogP contribution < -0.4 is 29.7 Å². The Bertz CT molecular complexity index is 1830. The number of ether oxygens (including phenoxy) is 3. The van der Waals surface area contributed by atoms with Gasteiger partial charge in [-0.05, 0) is 55.1 Å². The van der Waals surface area contributed by atoms with Crippen LogP contribution in [0.2, 0.25) is 0 Å². The molecule has 0 bridgehead atoms. The predicted molar refractivity (Wildman–Crippen MR) is 178 cm³/mol. The molecule has 1 fully saturated rings. The molecule has 50 heavy (non-hydrogen) atoms. The molecule has 1 saturated heterocycles. The van der Waals surface area contributed by atoms with E-state index >= 15 is 0 Å². The van der Waals surface area contributed by atoms with Crippen LogP contribution in [-0.2, 0) is 30.9 Å². The maximum Gasteiger partial charge on any atom is 0.490 e. The van der Waals surface area contributed by atoms with Crippen molar-refractivity contribution in [1.29, 1.82) is 0 Å². The molecular formula is C33H39F3N4O9S. The maximum atomic E-state index is 14.7. The highest BCUT2D eigenvalue weighted by molar-refractivity contribution is 7.89. The van der Waals surface area contributed by atoms with Crippen molar-refractivity contribution in [3.05, 3.63) is 65.7 Å². The molecule has 0 unspecified atom stereocenters. The van der Waals surface area contributed by atoms with Crippen molar-refractivity contribution in [3.63, 3.8) is 0 Å². The number of sulfonamides is 1. The number of nitrogens with zero attached hydrogens (tertiary/aromatic N) is 1. The fourth-order valence-corrected chi connectivity index (χ4v) is 6.19. The fourth-order valence-electron chi connectivity index (χ4n) is 5.74. The number of anilines is 1. The van der Waals surface area contributed by atoms with Crippen molar-refractivity contribution in [2.45, 2.75) is 50.2 Å². The molecule has 0 radical (unpaired) electrons. The summed E-state index contributed by atoms with van der Waals surface area (Å²) in [5, 5.41) is 15.3. The Morgan fingerprint density at radius 3 is 2.38 bits per heavy atom. The Labute approximate surface area is 287 Å². The first-order valence-corrected chi connectivity index (χ1v) is 17.4. The lowest BCUT2D eigenvalue weighted by Crippen LogP contribution is -2.63. The maximum absolute atomic E-state index is 14.7. The normalized spacial score (nSPS) is 17.9. The number of carboxylic acids is 1. The molecule has 0 aromatic heterocycles. The molecule has 13 nitrogen and oxygen atoms in total. The number of carbonyl (C=O) groups excluding carboxylic acids is 2. The quantitative estimate of drug-likeness (QED) is 0.255. The van der Waals surface area contributed by atoms with Crippen LogP contribution in [0.25, 0.3) is 10.8 Å². The molecule has 2 atom stereocenters. The lowest BCUT2D eigenvalue weighted by atomic mass is 9.84. The summed E-state index contributed by atoms with van der Waals surface area (Å²) in [6, 6.07) is 15.5. The SMILES string of the molecule is CN[C@@H](C)CN[C@@H]1C(=O)N(Cc2c(OC)ccc3cc(C(=O)NS(C)(=O)=O)ccc23)c2ccccc2OC12CCOCC2.O=C(O)C(F)(F)F. The second-order valence-corrected chi connectivity index (χ2v) is 13.6. The monoisotopic (exact) mass is 724 g/mol. The molecule has 2 aliphatic heterocycles. The zero-order chi connectivity index (χ0) is 36.9. The number of carboxylic acid groups (broad SMARTS) is 1. The number of alkyl halides is 3. The minimum atomic E-state index is -5.08. The first kappa shape index (κ1) is 38.4. The average Bonchev–Trinajstić information content (AvgIpc) is 3.14. The van der Waals surface area contributed by atoms with Crippen molar-refractivity contribution < 1.29 is 55.3 Å². The highest BCUT2D eigenvalue weighted by Crippen LogP contribution is 2.42. The van der Waals surface area contributed by atoms with Gasteiger partial charge >= 0.3 is 12.1 Å². The molecule has 2 amide bonds. The number of benzene rings is 3. The van der Waals surface area contributed by atoms with Crippen LogP contribution in [0.5, 0.6) is 11.5 Å². The number of rotatable bonds is 9. The molecule has 272 valence electrons. The standard InChI is InChI=1S/C31H38N4O7S.C2HF3O2/c1-20(32-2)18-33-28-30(37)35(25-7-5-6-8-27(25)42-31(28)13-15-41-16-14-31)19-24-23-11-9-22(29(36)34-43(4,38)39)17-21(23)10-12-26(24)40-3;3-2(4,5)1(6)7/h5-12,17,20,28,32-33H,13-16,18-19H2,1-4H3,(H,34,36);(H,6,7)/t20-,28+;/m0./s1. The molecule has 2 aliphatic rings. The van der Waals surface area contributed by atoms with Crippen molar-refractivity contribution >= 4 is 44.3 Å². The smallest absolute Gasteiger partial charge is 0.490 e. The van der Waals surface area contributed by atoms with E-state index in [0.29, 0.717) is 55.2 Å². The van der Waals surface area contributed by atoms with Crippen molar-refractivity contribution in [3.8, 4) is 11.5 Å². The van der Waals surface area contributed by atoms with Gasteiger partial charge in [-0.1, -0.05) is 24.3 Å². The van der Waals surface area contributed by atoms with Gasteiger partial charge in [0.25, 0.3) is 5.91 Å². The van der Waals surface area contributed by atoms with Crippen molar-refractivity contribution in [2.24, 2.45) is 0 Å². The van der Waals surface area contributed by atoms with Gasteiger partial charge in [0.2, 0.25) is 15.9 Å². The van der Waals surface area contributed by atoms with Crippen LogP contribution in [0.4, 0.5) is 18.9 Å². The number of halogens is 3. The number of nitrogens with one attached hydrogen (secondary N) is 3. The zero-order valence-electron chi connectivity index (χ0n) is 27.8. The van der Waals surface area contributed by atoms with Crippen LogP contribution in [0.15, 0.2) is 54.6 Å². The first-order chi connectivity index (χ1) is 23.5. The first-order valence-electron chi connectivity index (χ1n) is 15.5. The number of hydrogen-bond donors (Lipinski definition) is 4. The number of carbonyl (C=O) groups is 3. The summed E-state index contributed by atoms with van der Waals surface area (Å²) >= 11 is 0. The summed E-state index contributed by atoms with van der Waals surface area (Å²) in [6.07, 6.45) is -3.04. The van der Waals surface area contributed by atoms with Crippen LogP contribution in [0.3, 0.4) is 0 Å². The van der Waals surface area contributed by atoms with Gasteiger partial charge in [-0.3, -0.25) is 9.59 Å². The number of methoxy groups -OCH3 is 1. The number of para-hydroxylation sites is 2. The summed E-state index contributed by atoms with van der Waals surface area (Å²) in [5.74, 6) is -2.42. The second kappa shape index (κ2) is 15.6. The molecule has 3 aromatic carbocycles. The van der Waals surface area contributed by atoms with Gasteiger partial charge in [0.1, 0.15) is 23.1 Å². The number of amides is 2. The summed E-state index contributed by atoms with van der Waals surface area (Å²) in [4.78, 5) is 37.9. The van der Waals surface area contributed by atoms with E-state index in [1.54, 1.807) is 42.3 Å². The number of hydrogen-bond acceptors (Lipinski definition) is 10. The predicted octanol–water partition coefficient (Wildman–Crippen LogP) is 3.21. The van der Waals surface area contributed by atoms with E-state index in [-0.39, 0.29) is 24.1 Å². The molecule has 2 heterocycles. The van der Waals surface area contributed by atoms with Gasteiger partial charge in [-0.25, -0.2) is 17.9 Å². The van der Waals surface area contributed by atoms with Gasteiger partial charge in [0, 0.05) is 36.6 Å². The van der Waals surface area contributed by atoms with E-state index in [0.717, 1.165) is 17.2 Å². The zero-order valence-corrected chi connectivity index (χ0v) is 28.6.